The van der Waals surface area contributed by atoms with Gasteiger partial charge in [-0.05, 0) is 37.0 Å². The lowest BCUT2D eigenvalue weighted by atomic mass is 10.0. The van der Waals surface area contributed by atoms with Crippen LogP contribution in [-0.4, -0.2) is 61.5 Å². The molecule has 3 aromatic rings. The number of amides is 3. The van der Waals surface area contributed by atoms with Crippen molar-refractivity contribution in [1.29, 1.82) is 0 Å². The smallest absolute Gasteiger partial charge is 0.272 e. The molecule has 4 rings (SSSR count). The largest absolute Gasteiger partial charge is 0.344 e. The minimum absolute atomic E-state index is 0.00622. The molecular formula is C28H34ClN7O3. The number of carbonyl (C=O) groups excluding carboxylic acids is 3. The van der Waals surface area contributed by atoms with Gasteiger partial charge in [-0.2, -0.15) is 5.10 Å². The zero-order valence-electron chi connectivity index (χ0n) is 22.4. The van der Waals surface area contributed by atoms with Crippen LogP contribution in [0.1, 0.15) is 60.4 Å². The summed E-state index contributed by atoms with van der Waals surface area (Å²) in [5.41, 5.74) is 1.21. The molecule has 2 N–H and O–H groups in total. The lowest BCUT2D eigenvalue weighted by molar-refractivity contribution is -0.129. The molecule has 2 atom stereocenters. The van der Waals surface area contributed by atoms with E-state index < -0.39 is 12.1 Å². The number of carbonyl (C=O) groups is 3. The fourth-order valence-corrected chi connectivity index (χ4v) is 4.71. The van der Waals surface area contributed by atoms with Crippen LogP contribution in [0.3, 0.4) is 0 Å². The molecule has 0 radical (unpaired) electrons. The van der Waals surface area contributed by atoms with Crippen LogP contribution in [0.15, 0.2) is 48.7 Å². The number of nitrogens with one attached hydrogen (secondary N) is 2. The number of hydrogen-bond donors (Lipinski definition) is 2. The highest BCUT2D eigenvalue weighted by Gasteiger charge is 2.30. The van der Waals surface area contributed by atoms with Crippen molar-refractivity contribution in [2.45, 2.75) is 58.7 Å². The monoisotopic (exact) mass is 551 g/mol. The van der Waals surface area contributed by atoms with E-state index in [0.29, 0.717) is 49.1 Å². The van der Waals surface area contributed by atoms with Crippen LogP contribution in [0.5, 0.6) is 0 Å². The third-order valence-corrected chi connectivity index (χ3v) is 6.85. The number of aromatic nitrogens is 4. The minimum atomic E-state index is -0.766. The Kier molecular flexibility index (Phi) is 9.29. The predicted octanol–water partition coefficient (Wildman–Crippen LogP) is 3.11. The van der Waals surface area contributed by atoms with Gasteiger partial charge in [-0.1, -0.05) is 55.8 Å². The van der Waals surface area contributed by atoms with Gasteiger partial charge in [-0.15, -0.1) is 0 Å². The topological polar surface area (TPSA) is 122 Å². The molecule has 2 aromatic heterocycles. The molecule has 0 saturated carbocycles. The van der Waals surface area contributed by atoms with Crippen molar-refractivity contribution in [3.63, 3.8) is 0 Å². The maximum absolute atomic E-state index is 13.5. The highest BCUT2D eigenvalue weighted by Crippen LogP contribution is 2.21. The quantitative estimate of drug-likeness (QED) is 0.514. The van der Waals surface area contributed by atoms with Crippen LogP contribution >= 0.6 is 11.6 Å². The second-order valence-corrected chi connectivity index (χ2v) is 10.5. The van der Waals surface area contributed by atoms with Crippen molar-refractivity contribution in [2.75, 3.05) is 13.1 Å². The average Bonchev–Trinajstić information content (AvgIpc) is 3.28. The van der Waals surface area contributed by atoms with Gasteiger partial charge in [0.2, 0.25) is 11.8 Å². The van der Waals surface area contributed by atoms with Gasteiger partial charge in [0.1, 0.15) is 23.4 Å². The number of benzene rings is 1. The van der Waals surface area contributed by atoms with Gasteiger partial charge in [-0.25, -0.2) is 14.6 Å². The first-order valence-electron chi connectivity index (χ1n) is 13.2. The number of nitrogens with zero attached hydrogens (tertiary/aromatic N) is 5. The molecule has 39 heavy (non-hydrogen) atoms. The molecular weight excluding hydrogens is 518 g/mol. The molecule has 11 heteroatoms. The molecule has 1 aliphatic heterocycles. The standard InChI is InChI=1S/C28H34ClN7O3/c1-18(2)25-26-31-19(3)34-36(26)15-14-35(28(39)22-12-11-21(29)17-30-22)13-7-10-24(37)32-23(27(38)33-25)16-20-8-5-4-6-9-20/h4-6,8-9,11-12,17-18,23,25H,7,10,13-16H2,1-3H3,(H,32,37)(H,33,38)/t23-,25+/m0/s1. The average molecular weight is 552 g/mol. The molecule has 0 unspecified atom stereocenters. The predicted molar refractivity (Wildman–Crippen MR) is 147 cm³/mol. The van der Waals surface area contributed by atoms with E-state index in [1.54, 1.807) is 28.6 Å². The first-order chi connectivity index (χ1) is 18.7. The first-order valence-corrected chi connectivity index (χ1v) is 13.5. The second kappa shape index (κ2) is 12.8. The number of halogens is 1. The summed E-state index contributed by atoms with van der Waals surface area (Å²) in [6.07, 6.45) is 2.37. The Morgan fingerprint density at radius 2 is 1.85 bits per heavy atom. The highest BCUT2D eigenvalue weighted by atomic mass is 35.5. The van der Waals surface area contributed by atoms with Crippen LogP contribution in [0.4, 0.5) is 0 Å². The minimum Gasteiger partial charge on any atom is -0.344 e. The summed E-state index contributed by atoms with van der Waals surface area (Å²) in [6.45, 7) is 6.82. The third-order valence-electron chi connectivity index (χ3n) is 6.63. The molecule has 3 heterocycles. The Balaban J connectivity index is 1.65. The van der Waals surface area contributed by atoms with Crippen LogP contribution < -0.4 is 10.6 Å². The van der Waals surface area contributed by atoms with Gasteiger partial charge in [0.05, 0.1) is 17.6 Å². The molecule has 0 spiro atoms. The SMILES string of the molecule is Cc1nc2n(n1)CCN(C(=O)c1ccc(Cl)cn1)CCCC(=O)N[C@@H](Cc1ccccc1)C(=O)N[C@@H]2C(C)C. The van der Waals surface area contributed by atoms with E-state index in [9.17, 15) is 14.4 Å². The van der Waals surface area contributed by atoms with E-state index in [1.807, 2.05) is 44.2 Å². The lowest BCUT2D eigenvalue weighted by Crippen LogP contribution is -2.50. The molecule has 206 valence electrons. The Bertz CT molecular complexity index is 1290. The van der Waals surface area contributed by atoms with Crippen molar-refractivity contribution in [1.82, 2.24) is 35.3 Å². The van der Waals surface area contributed by atoms with Gasteiger partial charge >= 0.3 is 0 Å². The molecule has 0 aliphatic carbocycles. The van der Waals surface area contributed by atoms with E-state index in [2.05, 4.69) is 25.7 Å². The molecule has 1 aliphatic rings. The van der Waals surface area contributed by atoms with Crippen molar-refractivity contribution in [3.8, 4) is 0 Å². The highest BCUT2D eigenvalue weighted by molar-refractivity contribution is 6.30. The zero-order chi connectivity index (χ0) is 27.9. The van der Waals surface area contributed by atoms with E-state index in [4.69, 9.17) is 11.6 Å². The molecule has 1 aromatic carbocycles. The molecule has 0 saturated heterocycles. The zero-order valence-corrected chi connectivity index (χ0v) is 23.2. The summed E-state index contributed by atoms with van der Waals surface area (Å²) >= 11 is 5.96. The van der Waals surface area contributed by atoms with Crippen LogP contribution in [0.25, 0.3) is 0 Å². The van der Waals surface area contributed by atoms with Crippen LogP contribution in [0, 0.1) is 12.8 Å². The van der Waals surface area contributed by atoms with E-state index in [0.717, 1.165) is 5.56 Å². The number of pyridine rings is 1. The number of rotatable bonds is 4. The lowest BCUT2D eigenvalue weighted by Gasteiger charge is -2.28. The Hall–Kier alpha value is -3.79. The van der Waals surface area contributed by atoms with Crippen molar-refractivity contribution in [3.05, 3.63) is 76.6 Å². The van der Waals surface area contributed by atoms with Crippen molar-refractivity contribution >= 4 is 29.3 Å². The Morgan fingerprint density at radius 3 is 2.54 bits per heavy atom. The summed E-state index contributed by atoms with van der Waals surface area (Å²) in [6, 6.07) is 11.6. The Morgan fingerprint density at radius 1 is 1.08 bits per heavy atom. The number of aryl methyl sites for hydroxylation is 1. The van der Waals surface area contributed by atoms with Gasteiger partial charge < -0.3 is 15.5 Å². The summed E-state index contributed by atoms with van der Waals surface area (Å²) in [5, 5.41) is 11.0. The van der Waals surface area contributed by atoms with Gasteiger partial charge in [0, 0.05) is 32.1 Å². The summed E-state index contributed by atoms with van der Waals surface area (Å²) in [7, 11) is 0. The van der Waals surface area contributed by atoms with E-state index in [1.165, 1.54) is 6.20 Å². The Labute approximate surface area is 233 Å². The van der Waals surface area contributed by atoms with Crippen molar-refractivity contribution < 1.29 is 14.4 Å². The van der Waals surface area contributed by atoms with Gasteiger partial charge in [0.15, 0.2) is 0 Å². The van der Waals surface area contributed by atoms with Gasteiger partial charge in [0.25, 0.3) is 5.91 Å². The maximum atomic E-state index is 13.5. The van der Waals surface area contributed by atoms with E-state index >= 15 is 0 Å². The fraction of sp³-hybridized carbons (Fsp3) is 0.429. The van der Waals surface area contributed by atoms with Crippen molar-refractivity contribution in [2.24, 2.45) is 5.92 Å². The molecule has 3 amide bonds. The number of fused-ring (bicyclic) bond motifs is 1. The second-order valence-electron chi connectivity index (χ2n) is 10.0. The summed E-state index contributed by atoms with van der Waals surface area (Å²) in [4.78, 5) is 50.3. The molecule has 0 bridgehead atoms. The summed E-state index contributed by atoms with van der Waals surface area (Å²) in [5.74, 6) is 0.387. The summed E-state index contributed by atoms with van der Waals surface area (Å²) < 4.78 is 1.76. The van der Waals surface area contributed by atoms with Crippen LogP contribution in [-0.2, 0) is 22.6 Å². The third kappa shape index (κ3) is 7.41. The van der Waals surface area contributed by atoms with Crippen LogP contribution in [0.2, 0.25) is 5.02 Å². The number of hydrogen-bond acceptors (Lipinski definition) is 6. The fourth-order valence-electron chi connectivity index (χ4n) is 4.60. The first kappa shape index (κ1) is 28.2. The van der Waals surface area contributed by atoms with E-state index in [-0.39, 0.29) is 35.8 Å². The maximum Gasteiger partial charge on any atom is 0.272 e. The molecule has 10 nitrogen and oxygen atoms in total. The normalized spacial score (nSPS) is 19.2. The van der Waals surface area contributed by atoms with Gasteiger partial charge in [-0.3, -0.25) is 14.4 Å². The molecule has 0 fully saturated rings.